The number of benzene rings is 2. The maximum Gasteiger partial charge on any atom is 0.494 e. The molecule has 2 aliphatic rings. The zero-order valence-electron chi connectivity index (χ0n) is 14.3. The van der Waals surface area contributed by atoms with Crippen molar-refractivity contribution in [2.75, 3.05) is 6.61 Å². The molecule has 4 atom stereocenters. The van der Waals surface area contributed by atoms with Crippen LogP contribution in [0.1, 0.15) is 6.92 Å². The molecule has 4 rings (SSSR count). The Morgan fingerprint density at radius 3 is 2.42 bits per heavy atom. The molecule has 2 bridgehead atoms. The average molecular weight is 354 g/mol. The summed E-state index contributed by atoms with van der Waals surface area (Å²) < 4.78 is 29.3. The van der Waals surface area contributed by atoms with Crippen LogP contribution in [0, 0.1) is 0 Å². The van der Waals surface area contributed by atoms with E-state index in [2.05, 4.69) is 0 Å². The zero-order chi connectivity index (χ0) is 17.9. The van der Waals surface area contributed by atoms with Crippen molar-refractivity contribution in [2.45, 2.75) is 31.5 Å². The SMILES string of the molecule is CC(=O)OC1C2COC(Oc3ccccc3)C1OB(c1ccccc1)O2. The summed E-state index contributed by atoms with van der Waals surface area (Å²) in [5.74, 6) is 0.264. The van der Waals surface area contributed by atoms with E-state index in [9.17, 15) is 4.79 Å². The molecule has 0 aliphatic carbocycles. The zero-order valence-corrected chi connectivity index (χ0v) is 14.3. The van der Waals surface area contributed by atoms with Gasteiger partial charge in [-0.25, -0.2) is 0 Å². The molecule has 2 aromatic rings. The second-order valence-corrected chi connectivity index (χ2v) is 6.22. The average Bonchev–Trinajstić information content (AvgIpc) is 2.65. The third-order valence-electron chi connectivity index (χ3n) is 4.33. The first-order valence-electron chi connectivity index (χ1n) is 8.57. The van der Waals surface area contributed by atoms with E-state index in [0.29, 0.717) is 5.75 Å². The first-order chi connectivity index (χ1) is 12.7. The van der Waals surface area contributed by atoms with Gasteiger partial charge >= 0.3 is 13.1 Å². The minimum absolute atomic E-state index is 0.249. The van der Waals surface area contributed by atoms with Crippen LogP contribution < -0.4 is 10.2 Å². The number of esters is 1. The highest BCUT2D eigenvalue weighted by Crippen LogP contribution is 2.30. The molecule has 134 valence electrons. The number of rotatable bonds is 4. The Hall–Kier alpha value is -2.35. The predicted octanol–water partition coefficient (Wildman–Crippen LogP) is 1.53. The Bertz CT molecular complexity index is 740. The van der Waals surface area contributed by atoms with Gasteiger partial charge in [-0.3, -0.25) is 4.79 Å². The third-order valence-corrected chi connectivity index (χ3v) is 4.33. The van der Waals surface area contributed by atoms with Gasteiger partial charge < -0.3 is 23.5 Å². The number of carbonyl (C=O) groups is 1. The highest BCUT2D eigenvalue weighted by atomic mass is 16.7. The molecule has 2 aliphatic heterocycles. The van der Waals surface area contributed by atoms with Crippen LogP contribution in [0.3, 0.4) is 0 Å². The molecule has 0 amide bonds. The molecular weight excluding hydrogens is 335 g/mol. The molecule has 4 unspecified atom stereocenters. The minimum atomic E-state index is -0.701. The van der Waals surface area contributed by atoms with Gasteiger partial charge in [-0.15, -0.1) is 0 Å². The van der Waals surface area contributed by atoms with E-state index < -0.39 is 37.7 Å². The van der Waals surface area contributed by atoms with Gasteiger partial charge in [0, 0.05) is 6.92 Å². The highest BCUT2D eigenvalue weighted by molar-refractivity contribution is 6.61. The van der Waals surface area contributed by atoms with Gasteiger partial charge in [0.15, 0.2) is 6.10 Å². The van der Waals surface area contributed by atoms with Crippen LogP contribution in [-0.2, 0) is 23.6 Å². The Morgan fingerprint density at radius 2 is 1.73 bits per heavy atom. The second kappa shape index (κ2) is 7.49. The largest absolute Gasteiger partial charge is 0.494 e. The molecule has 2 fully saturated rings. The van der Waals surface area contributed by atoms with Crippen LogP contribution in [0.15, 0.2) is 60.7 Å². The fourth-order valence-electron chi connectivity index (χ4n) is 3.17. The monoisotopic (exact) mass is 354 g/mol. The standard InChI is InChI=1S/C19H19BO6/c1-13(21)23-17-16-12-22-19(24-15-10-6-3-7-11-15)18(17)26-20(25-16)14-8-4-2-5-9-14/h2-11,16-19H,12H2,1H3. The van der Waals surface area contributed by atoms with Crippen LogP contribution in [-0.4, -0.2) is 44.3 Å². The molecule has 0 saturated carbocycles. The van der Waals surface area contributed by atoms with Gasteiger partial charge in [-0.1, -0.05) is 48.5 Å². The molecular formula is C19H19BO6. The van der Waals surface area contributed by atoms with Crippen LogP contribution in [0.2, 0.25) is 0 Å². The fourth-order valence-corrected chi connectivity index (χ4v) is 3.17. The molecule has 26 heavy (non-hydrogen) atoms. The van der Waals surface area contributed by atoms with Crippen molar-refractivity contribution >= 4 is 18.6 Å². The Morgan fingerprint density at radius 1 is 1.04 bits per heavy atom. The van der Waals surface area contributed by atoms with Crippen LogP contribution in [0.25, 0.3) is 0 Å². The second-order valence-electron chi connectivity index (χ2n) is 6.22. The lowest BCUT2D eigenvalue weighted by molar-refractivity contribution is -0.261. The van der Waals surface area contributed by atoms with Crippen LogP contribution in [0.5, 0.6) is 5.75 Å². The third kappa shape index (κ3) is 3.60. The number of fused-ring (bicyclic) bond motifs is 2. The first kappa shape index (κ1) is 17.1. The van der Waals surface area contributed by atoms with Gasteiger partial charge in [0.25, 0.3) is 0 Å². The molecule has 0 spiro atoms. The van der Waals surface area contributed by atoms with Gasteiger partial charge in [-0.05, 0) is 17.6 Å². The molecule has 0 radical (unpaired) electrons. The smallest absolute Gasteiger partial charge is 0.462 e. The summed E-state index contributed by atoms with van der Waals surface area (Å²) in [7, 11) is -0.566. The Balaban J connectivity index is 1.58. The summed E-state index contributed by atoms with van der Waals surface area (Å²) in [6.07, 6.45) is -2.31. The summed E-state index contributed by atoms with van der Waals surface area (Å²) >= 11 is 0. The maximum absolute atomic E-state index is 11.5. The summed E-state index contributed by atoms with van der Waals surface area (Å²) in [4.78, 5) is 11.5. The van der Waals surface area contributed by atoms with Crippen LogP contribution in [0.4, 0.5) is 0 Å². The van der Waals surface area contributed by atoms with Crippen molar-refractivity contribution in [1.82, 2.24) is 0 Å². The molecule has 7 heteroatoms. The number of ether oxygens (including phenoxy) is 3. The fraction of sp³-hybridized carbons (Fsp3) is 0.316. The first-order valence-corrected chi connectivity index (χ1v) is 8.57. The van der Waals surface area contributed by atoms with E-state index in [1.54, 1.807) is 0 Å². The molecule has 2 heterocycles. The predicted molar refractivity (Wildman–Crippen MR) is 93.9 cm³/mol. The number of hydrogen-bond acceptors (Lipinski definition) is 6. The number of para-hydroxylation sites is 1. The van der Waals surface area contributed by atoms with Crippen molar-refractivity contribution in [2.24, 2.45) is 0 Å². The van der Waals surface area contributed by atoms with Crippen molar-refractivity contribution in [3.8, 4) is 5.75 Å². The summed E-state index contributed by atoms with van der Waals surface area (Å²) in [5.41, 5.74) is 0.893. The van der Waals surface area contributed by atoms with E-state index in [-0.39, 0.29) is 6.61 Å². The quantitative estimate of drug-likeness (QED) is 0.613. The molecule has 0 aromatic heterocycles. The van der Waals surface area contributed by atoms with Gasteiger partial charge in [-0.2, -0.15) is 0 Å². The van der Waals surface area contributed by atoms with Gasteiger partial charge in [0.05, 0.1) is 6.61 Å². The lowest BCUT2D eigenvalue weighted by Crippen LogP contribution is -2.66. The van der Waals surface area contributed by atoms with Gasteiger partial charge in [0.2, 0.25) is 6.29 Å². The maximum atomic E-state index is 11.5. The molecule has 2 aromatic carbocycles. The number of hydrogen-bond donors (Lipinski definition) is 0. The normalized spacial score (nSPS) is 27.7. The van der Waals surface area contributed by atoms with Crippen molar-refractivity contribution in [1.29, 1.82) is 0 Å². The van der Waals surface area contributed by atoms with E-state index >= 15 is 0 Å². The van der Waals surface area contributed by atoms with E-state index in [1.165, 1.54) is 6.92 Å². The molecule has 6 nitrogen and oxygen atoms in total. The van der Waals surface area contributed by atoms with E-state index in [1.807, 2.05) is 60.7 Å². The van der Waals surface area contributed by atoms with E-state index in [4.69, 9.17) is 23.5 Å². The Labute approximate surface area is 152 Å². The van der Waals surface area contributed by atoms with Crippen molar-refractivity contribution in [3.05, 3.63) is 60.7 Å². The highest BCUT2D eigenvalue weighted by Gasteiger charge is 2.52. The molecule has 0 N–H and O–H groups in total. The summed E-state index contributed by atoms with van der Waals surface area (Å²) in [5, 5.41) is 0. The molecule has 2 saturated heterocycles. The Kier molecular flexibility index (Phi) is 4.92. The van der Waals surface area contributed by atoms with Crippen LogP contribution >= 0.6 is 0 Å². The summed E-state index contributed by atoms with van der Waals surface area (Å²) in [6, 6.07) is 19.0. The topological polar surface area (TPSA) is 63.2 Å². The summed E-state index contributed by atoms with van der Waals surface area (Å²) in [6.45, 7) is 1.62. The van der Waals surface area contributed by atoms with Crippen molar-refractivity contribution in [3.63, 3.8) is 0 Å². The lowest BCUT2D eigenvalue weighted by Gasteiger charge is -2.46. The minimum Gasteiger partial charge on any atom is -0.462 e. The lowest BCUT2D eigenvalue weighted by atomic mass is 9.76. The van der Waals surface area contributed by atoms with E-state index in [0.717, 1.165) is 5.46 Å². The number of carbonyl (C=O) groups excluding carboxylic acids is 1. The van der Waals surface area contributed by atoms with Crippen molar-refractivity contribution < 1.29 is 28.3 Å². The van der Waals surface area contributed by atoms with Gasteiger partial charge in [0.1, 0.15) is 18.0 Å².